The lowest BCUT2D eigenvalue weighted by atomic mass is 10.1. The number of nitrogens with zero attached hydrogens (tertiary/aromatic N) is 2. The lowest BCUT2D eigenvalue weighted by Gasteiger charge is -2.21. The van der Waals surface area contributed by atoms with Crippen molar-refractivity contribution < 1.29 is 33.3 Å². The van der Waals surface area contributed by atoms with E-state index in [9.17, 15) is 9.59 Å². The summed E-state index contributed by atoms with van der Waals surface area (Å²) < 4.78 is 31.2. The van der Waals surface area contributed by atoms with Gasteiger partial charge in [-0.05, 0) is 43.0 Å². The number of carboxylic acid groups (broad SMARTS) is 1. The molecular weight excluding hydrogens is 469 g/mol. The summed E-state index contributed by atoms with van der Waals surface area (Å²) >= 11 is 0. The van der Waals surface area contributed by atoms with Crippen molar-refractivity contribution in [3.63, 3.8) is 0 Å². The Kier molecular flexibility index (Phi) is 7.61. The third-order valence-corrected chi connectivity index (χ3v) is 6.43. The molecule has 2 aliphatic rings. The molecule has 0 radical (unpaired) electrons. The molecule has 0 bridgehead atoms. The van der Waals surface area contributed by atoms with Crippen LogP contribution in [0.5, 0.6) is 17.2 Å². The third-order valence-electron chi connectivity index (χ3n) is 6.43. The summed E-state index contributed by atoms with van der Waals surface area (Å²) in [6.45, 7) is 2.07. The normalized spacial score (nSPS) is 14.7. The molecule has 0 saturated carbocycles. The Bertz CT molecular complexity index is 1180. The number of methoxy groups -OCH3 is 2. The Morgan fingerprint density at radius 3 is 2.53 bits per heavy atom. The number of halogens is 1. The van der Waals surface area contributed by atoms with Gasteiger partial charge in [0.1, 0.15) is 11.6 Å². The number of benzene rings is 2. The molecule has 1 saturated heterocycles. The maximum Gasteiger partial charge on any atom is 0.303 e. The number of ether oxygens (including phenoxy) is 3. The number of carbonyl (C=O) groups is 2. The van der Waals surface area contributed by atoms with Crippen molar-refractivity contribution in [1.82, 2.24) is 4.90 Å². The lowest BCUT2D eigenvalue weighted by Crippen LogP contribution is -2.30. The van der Waals surface area contributed by atoms with E-state index in [-0.39, 0.29) is 54.8 Å². The number of carbonyl (C=O) groups excluding carboxylic acids is 1. The molecule has 2 heterocycles. The minimum Gasteiger partial charge on any atom is -0.493 e. The van der Waals surface area contributed by atoms with Crippen LogP contribution in [0.15, 0.2) is 24.3 Å². The number of fused-ring (bicyclic) bond motifs is 1. The average Bonchev–Trinajstić information content (AvgIpc) is 3.50. The first-order valence-corrected chi connectivity index (χ1v) is 11.9. The fourth-order valence-electron chi connectivity index (χ4n) is 4.62. The molecule has 2 aromatic carbocycles. The second-order valence-electron chi connectivity index (χ2n) is 8.84. The number of ketones is 1. The van der Waals surface area contributed by atoms with Crippen molar-refractivity contribution in [3.8, 4) is 17.2 Å². The summed E-state index contributed by atoms with van der Waals surface area (Å²) in [5.74, 6) is -1.23. The monoisotopic (exact) mass is 499 g/mol. The summed E-state index contributed by atoms with van der Waals surface area (Å²) in [7, 11) is 2.75. The quantitative estimate of drug-likeness (QED) is 0.356. The van der Waals surface area contributed by atoms with Gasteiger partial charge < -0.3 is 29.1 Å². The fraction of sp³-hybridized carbons (Fsp3) is 0.423. The van der Waals surface area contributed by atoms with Crippen LogP contribution >= 0.6 is 0 Å². The SMILES string of the molecule is COc1cc2c(c(F)c1OC)C(=N)N(CC(=O)c1cc(OCCCC(=O)O)cc(N3CCCC3)c1)C2. The minimum atomic E-state index is -0.888. The van der Waals surface area contributed by atoms with Gasteiger partial charge in [0.25, 0.3) is 0 Å². The van der Waals surface area contributed by atoms with Crippen LogP contribution in [0.1, 0.15) is 47.2 Å². The van der Waals surface area contributed by atoms with Crippen molar-refractivity contribution in [2.24, 2.45) is 0 Å². The highest BCUT2D eigenvalue weighted by Crippen LogP contribution is 2.38. The van der Waals surface area contributed by atoms with E-state index in [0.29, 0.717) is 23.3 Å². The van der Waals surface area contributed by atoms with E-state index in [1.54, 1.807) is 12.1 Å². The van der Waals surface area contributed by atoms with Gasteiger partial charge >= 0.3 is 5.97 Å². The smallest absolute Gasteiger partial charge is 0.303 e. The zero-order valence-electron chi connectivity index (χ0n) is 20.4. The minimum absolute atomic E-state index is 0.00135. The van der Waals surface area contributed by atoms with Crippen molar-refractivity contribution in [3.05, 3.63) is 46.8 Å². The topological polar surface area (TPSA) is 112 Å². The summed E-state index contributed by atoms with van der Waals surface area (Å²) in [5.41, 5.74) is 1.95. The number of nitrogens with one attached hydrogen (secondary N) is 1. The lowest BCUT2D eigenvalue weighted by molar-refractivity contribution is -0.137. The molecule has 0 unspecified atom stereocenters. The van der Waals surface area contributed by atoms with Crippen LogP contribution in [0.4, 0.5) is 10.1 Å². The predicted molar refractivity (Wildman–Crippen MR) is 131 cm³/mol. The van der Waals surface area contributed by atoms with Crippen LogP contribution in [0.2, 0.25) is 0 Å². The highest BCUT2D eigenvalue weighted by molar-refractivity contribution is 6.06. The molecule has 0 amide bonds. The number of aliphatic carboxylic acids is 1. The van der Waals surface area contributed by atoms with Crippen molar-refractivity contribution in [2.75, 3.05) is 45.4 Å². The standard InChI is InChI=1S/C26H30FN3O6/c1-34-21-12-17-14-30(26(28)23(17)24(27)25(21)35-2)15-20(31)16-10-18(29-7-3-4-8-29)13-19(11-16)36-9-5-6-22(32)33/h10-13,28H,3-9,14-15H2,1-2H3,(H,32,33). The van der Waals surface area contributed by atoms with Gasteiger partial charge in [0.2, 0.25) is 0 Å². The zero-order chi connectivity index (χ0) is 25.8. The van der Waals surface area contributed by atoms with Gasteiger partial charge in [0.15, 0.2) is 23.1 Å². The highest BCUT2D eigenvalue weighted by Gasteiger charge is 2.33. The van der Waals surface area contributed by atoms with Gasteiger partial charge in [-0.2, -0.15) is 0 Å². The first-order valence-electron chi connectivity index (χ1n) is 11.9. The van der Waals surface area contributed by atoms with Crippen LogP contribution in [0.3, 0.4) is 0 Å². The van der Waals surface area contributed by atoms with Crippen molar-refractivity contribution >= 4 is 23.3 Å². The third kappa shape index (κ3) is 5.22. The van der Waals surface area contributed by atoms with Gasteiger partial charge in [-0.3, -0.25) is 15.0 Å². The van der Waals surface area contributed by atoms with Crippen LogP contribution in [-0.2, 0) is 11.3 Å². The van der Waals surface area contributed by atoms with Gasteiger partial charge in [-0.15, -0.1) is 0 Å². The van der Waals surface area contributed by atoms with E-state index in [1.807, 2.05) is 12.1 Å². The van der Waals surface area contributed by atoms with E-state index < -0.39 is 11.8 Å². The number of anilines is 1. The Morgan fingerprint density at radius 1 is 1.11 bits per heavy atom. The summed E-state index contributed by atoms with van der Waals surface area (Å²) in [6, 6.07) is 6.96. The maximum absolute atomic E-state index is 15.1. The van der Waals surface area contributed by atoms with E-state index in [4.69, 9.17) is 24.7 Å². The van der Waals surface area contributed by atoms with Crippen LogP contribution < -0.4 is 19.1 Å². The van der Waals surface area contributed by atoms with Gasteiger partial charge in [-0.25, -0.2) is 4.39 Å². The van der Waals surface area contributed by atoms with Crippen LogP contribution in [-0.4, -0.2) is 68.1 Å². The maximum atomic E-state index is 15.1. The molecule has 0 aromatic heterocycles. The number of carboxylic acids is 1. The number of hydrogen-bond donors (Lipinski definition) is 2. The molecular formula is C26H30FN3O6. The molecule has 1 fully saturated rings. The van der Waals surface area contributed by atoms with Crippen LogP contribution in [0, 0.1) is 11.2 Å². The molecule has 192 valence electrons. The van der Waals surface area contributed by atoms with E-state index in [2.05, 4.69) is 4.90 Å². The number of amidine groups is 1. The molecule has 2 N–H and O–H groups in total. The van der Waals surface area contributed by atoms with Gasteiger partial charge in [-0.1, -0.05) is 0 Å². The zero-order valence-corrected chi connectivity index (χ0v) is 20.4. The van der Waals surface area contributed by atoms with Crippen molar-refractivity contribution in [2.45, 2.75) is 32.2 Å². The molecule has 0 aliphatic carbocycles. The fourth-order valence-corrected chi connectivity index (χ4v) is 4.62. The first kappa shape index (κ1) is 25.3. The molecule has 9 nitrogen and oxygen atoms in total. The van der Waals surface area contributed by atoms with E-state index in [1.165, 1.54) is 19.1 Å². The second-order valence-corrected chi connectivity index (χ2v) is 8.84. The first-order chi connectivity index (χ1) is 17.3. The van der Waals surface area contributed by atoms with E-state index >= 15 is 4.39 Å². The summed E-state index contributed by atoms with van der Waals surface area (Å²) in [4.78, 5) is 27.8. The summed E-state index contributed by atoms with van der Waals surface area (Å²) in [5, 5.41) is 17.4. The number of hydrogen-bond acceptors (Lipinski definition) is 7. The van der Waals surface area contributed by atoms with Gasteiger partial charge in [0.05, 0.1) is 32.9 Å². The molecule has 2 aliphatic heterocycles. The Hall–Kier alpha value is -3.82. The number of Topliss-reactive ketones (excluding diaryl/α,β-unsaturated/α-hetero) is 1. The summed E-state index contributed by atoms with van der Waals surface area (Å²) in [6.07, 6.45) is 2.49. The van der Waals surface area contributed by atoms with Gasteiger partial charge in [0, 0.05) is 43.4 Å². The molecule has 4 rings (SSSR count). The Balaban J connectivity index is 1.54. The average molecular weight is 500 g/mol. The predicted octanol–water partition coefficient (Wildman–Crippen LogP) is 3.71. The molecule has 10 heteroatoms. The Labute approximate surface area is 208 Å². The van der Waals surface area contributed by atoms with Crippen molar-refractivity contribution in [1.29, 1.82) is 5.41 Å². The van der Waals surface area contributed by atoms with E-state index in [0.717, 1.165) is 31.6 Å². The molecule has 0 atom stereocenters. The highest BCUT2D eigenvalue weighted by atomic mass is 19.1. The number of rotatable bonds is 11. The van der Waals surface area contributed by atoms with Crippen LogP contribution in [0.25, 0.3) is 0 Å². The molecule has 2 aromatic rings. The Morgan fingerprint density at radius 2 is 1.86 bits per heavy atom. The molecule has 0 spiro atoms. The largest absolute Gasteiger partial charge is 0.493 e. The second kappa shape index (κ2) is 10.8. The molecule has 36 heavy (non-hydrogen) atoms.